The van der Waals surface area contributed by atoms with E-state index in [1.807, 2.05) is 17.4 Å². The van der Waals surface area contributed by atoms with Gasteiger partial charge >= 0.3 is 0 Å². The highest BCUT2D eigenvalue weighted by atomic mass is 32.1. The number of rotatable bonds is 6. The minimum atomic E-state index is 0.887. The topological polar surface area (TPSA) is 16.4 Å². The lowest BCUT2D eigenvalue weighted by molar-refractivity contribution is 0.669. The Morgan fingerprint density at radius 2 is 0.964 bits per heavy atom. The summed E-state index contributed by atoms with van der Waals surface area (Å²) in [6.45, 7) is 0. The standard InChI is InChI=1S/C52H33NOS/c1-2-19-37-34(15-1)16-12-25-40(37)39-21-4-3-20-38(39)35-17-11-18-36(33-35)53(46-28-14-32-50-52(46)44-24-7-10-31-49(44)55-50)45-27-8-5-22-41(45)42-26-13-30-48-51(42)43-23-6-9-29-47(43)54-48/h1-33H. The summed E-state index contributed by atoms with van der Waals surface area (Å²) in [7, 11) is 0. The van der Waals surface area contributed by atoms with Crippen LogP contribution in [0.4, 0.5) is 17.1 Å². The molecule has 0 fully saturated rings. The van der Waals surface area contributed by atoms with Crippen LogP contribution in [0.2, 0.25) is 0 Å². The molecule has 0 spiro atoms. The largest absolute Gasteiger partial charge is 0.456 e. The van der Waals surface area contributed by atoms with Crippen molar-refractivity contribution in [3.05, 3.63) is 200 Å². The van der Waals surface area contributed by atoms with E-state index in [0.29, 0.717) is 0 Å². The maximum absolute atomic E-state index is 6.41. The Hall–Kier alpha value is -6.94. The first-order valence-electron chi connectivity index (χ1n) is 18.7. The van der Waals surface area contributed by atoms with Crippen molar-refractivity contribution in [3.8, 4) is 33.4 Å². The van der Waals surface area contributed by atoms with Crippen LogP contribution in [0.1, 0.15) is 0 Å². The number of anilines is 3. The van der Waals surface area contributed by atoms with Gasteiger partial charge in [0.2, 0.25) is 0 Å². The minimum absolute atomic E-state index is 0.887. The van der Waals surface area contributed by atoms with Crippen molar-refractivity contribution < 1.29 is 4.42 Å². The molecule has 2 aromatic heterocycles. The van der Waals surface area contributed by atoms with Gasteiger partial charge in [0, 0.05) is 42.2 Å². The highest BCUT2D eigenvalue weighted by Gasteiger charge is 2.23. The van der Waals surface area contributed by atoms with Crippen LogP contribution in [0.3, 0.4) is 0 Å². The van der Waals surface area contributed by atoms with E-state index < -0.39 is 0 Å². The van der Waals surface area contributed by atoms with E-state index in [2.05, 4.69) is 199 Å². The minimum Gasteiger partial charge on any atom is -0.456 e. The zero-order valence-corrected chi connectivity index (χ0v) is 30.6. The first-order valence-corrected chi connectivity index (χ1v) is 19.5. The van der Waals surface area contributed by atoms with Crippen LogP contribution < -0.4 is 4.90 Å². The summed E-state index contributed by atoms with van der Waals surface area (Å²) in [5.74, 6) is 0. The molecular formula is C52H33NOS. The third kappa shape index (κ3) is 5.16. The molecule has 0 aliphatic rings. The van der Waals surface area contributed by atoms with Crippen molar-refractivity contribution in [2.24, 2.45) is 0 Å². The molecular weight excluding hydrogens is 687 g/mol. The highest BCUT2D eigenvalue weighted by molar-refractivity contribution is 7.26. The fourth-order valence-corrected chi connectivity index (χ4v) is 9.61. The lowest BCUT2D eigenvalue weighted by Crippen LogP contribution is -2.11. The molecule has 0 aliphatic carbocycles. The summed E-state index contributed by atoms with van der Waals surface area (Å²) < 4.78 is 8.95. The molecule has 0 radical (unpaired) electrons. The van der Waals surface area contributed by atoms with E-state index in [1.54, 1.807) is 0 Å². The molecule has 11 rings (SSSR count). The van der Waals surface area contributed by atoms with Gasteiger partial charge < -0.3 is 9.32 Å². The highest BCUT2D eigenvalue weighted by Crippen LogP contribution is 2.49. The van der Waals surface area contributed by atoms with Gasteiger partial charge in [-0.2, -0.15) is 0 Å². The number of hydrogen-bond acceptors (Lipinski definition) is 3. The number of thiophene rings is 1. The Labute approximate surface area is 322 Å². The molecule has 0 saturated carbocycles. The van der Waals surface area contributed by atoms with Gasteiger partial charge in [0.15, 0.2) is 0 Å². The maximum atomic E-state index is 6.41. The Morgan fingerprint density at radius 3 is 1.89 bits per heavy atom. The molecule has 9 aromatic carbocycles. The summed E-state index contributed by atoms with van der Waals surface area (Å²) in [6, 6.07) is 72.3. The average molecular weight is 720 g/mol. The molecule has 258 valence electrons. The smallest absolute Gasteiger partial charge is 0.136 e. The van der Waals surface area contributed by atoms with Crippen LogP contribution in [0, 0.1) is 0 Å². The van der Waals surface area contributed by atoms with Crippen molar-refractivity contribution in [1.82, 2.24) is 0 Å². The number of para-hydroxylation sites is 2. The summed E-state index contributed by atoms with van der Waals surface area (Å²) in [6.07, 6.45) is 0. The molecule has 11 aromatic rings. The normalized spacial score (nSPS) is 11.6. The first kappa shape index (κ1) is 31.6. The van der Waals surface area contributed by atoms with Gasteiger partial charge in [-0.3, -0.25) is 0 Å². The van der Waals surface area contributed by atoms with Gasteiger partial charge in [-0.1, -0.05) is 152 Å². The Morgan fingerprint density at radius 1 is 0.364 bits per heavy atom. The second-order valence-electron chi connectivity index (χ2n) is 14.0. The summed E-state index contributed by atoms with van der Waals surface area (Å²) in [4.78, 5) is 2.47. The Balaban J connectivity index is 1.18. The maximum Gasteiger partial charge on any atom is 0.136 e. The molecule has 0 saturated heterocycles. The van der Waals surface area contributed by atoms with Crippen LogP contribution in [0.25, 0.3) is 86.3 Å². The SMILES string of the molecule is c1cc(-c2ccccc2-c2cccc3ccccc23)cc(N(c2ccccc2-c2cccc3oc4ccccc4c23)c2cccc3sc4ccccc4c23)c1. The van der Waals surface area contributed by atoms with Crippen molar-refractivity contribution in [1.29, 1.82) is 0 Å². The van der Waals surface area contributed by atoms with Crippen LogP contribution in [0.5, 0.6) is 0 Å². The van der Waals surface area contributed by atoms with Gasteiger partial charge in [-0.05, 0) is 87.1 Å². The third-order valence-corrected chi connectivity index (χ3v) is 12.0. The zero-order chi connectivity index (χ0) is 36.3. The van der Waals surface area contributed by atoms with Crippen LogP contribution in [0.15, 0.2) is 205 Å². The molecule has 2 nitrogen and oxygen atoms in total. The molecule has 2 heterocycles. The van der Waals surface area contributed by atoms with Crippen LogP contribution >= 0.6 is 11.3 Å². The second-order valence-corrected chi connectivity index (χ2v) is 15.1. The Bertz CT molecular complexity index is 3240. The first-order chi connectivity index (χ1) is 27.3. The van der Waals surface area contributed by atoms with Crippen molar-refractivity contribution in [2.45, 2.75) is 0 Å². The van der Waals surface area contributed by atoms with Crippen LogP contribution in [-0.4, -0.2) is 0 Å². The van der Waals surface area contributed by atoms with Gasteiger partial charge in [-0.25, -0.2) is 0 Å². The Kier molecular flexibility index (Phi) is 7.39. The molecule has 0 atom stereocenters. The van der Waals surface area contributed by atoms with Crippen molar-refractivity contribution in [2.75, 3.05) is 4.90 Å². The van der Waals surface area contributed by atoms with Gasteiger partial charge in [0.25, 0.3) is 0 Å². The third-order valence-electron chi connectivity index (χ3n) is 10.9. The molecule has 0 amide bonds. The molecule has 0 N–H and O–H groups in total. The lowest BCUT2D eigenvalue weighted by Gasteiger charge is -2.29. The molecule has 0 unspecified atom stereocenters. The van der Waals surface area contributed by atoms with E-state index in [-0.39, 0.29) is 0 Å². The fraction of sp³-hybridized carbons (Fsp3) is 0. The van der Waals surface area contributed by atoms with E-state index in [9.17, 15) is 0 Å². The molecule has 55 heavy (non-hydrogen) atoms. The number of nitrogens with zero attached hydrogens (tertiary/aromatic N) is 1. The quantitative estimate of drug-likeness (QED) is 0.170. The van der Waals surface area contributed by atoms with Gasteiger partial charge in [0.1, 0.15) is 11.2 Å². The van der Waals surface area contributed by atoms with E-state index in [1.165, 1.54) is 47.6 Å². The van der Waals surface area contributed by atoms with E-state index >= 15 is 0 Å². The predicted molar refractivity (Wildman–Crippen MR) is 235 cm³/mol. The van der Waals surface area contributed by atoms with Crippen molar-refractivity contribution >= 4 is 81.3 Å². The molecule has 0 bridgehead atoms. The number of fused-ring (bicyclic) bond motifs is 7. The van der Waals surface area contributed by atoms with E-state index in [4.69, 9.17) is 4.42 Å². The van der Waals surface area contributed by atoms with Crippen molar-refractivity contribution in [3.63, 3.8) is 0 Å². The summed E-state index contributed by atoms with van der Waals surface area (Å²) in [5.41, 5.74) is 12.2. The predicted octanol–water partition coefficient (Wildman–Crippen LogP) is 15.6. The van der Waals surface area contributed by atoms with Gasteiger partial charge in [-0.15, -0.1) is 11.3 Å². The molecule has 3 heteroatoms. The van der Waals surface area contributed by atoms with Crippen LogP contribution in [-0.2, 0) is 0 Å². The zero-order valence-electron chi connectivity index (χ0n) is 29.8. The number of hydrogen-bond donors (Lipinski definition) is 0. The number of benzene rings is 9. The molecule has 0 aliphatic heterocycles. The monoisotopic (exact) mass is 719 g/mol. The summed E-state index contributed by atoms with van der Waals surface area (Å²) >= 11 is 1.85. The lowest BCUT2D eigenvalue weighted by atomic mass is 9.91. The van der Waals surface area contributed by atoms with E-state index in [0.717, 1.165) is 55.7 Å². The fourth-order valence-electron chi connectivity index (χ4n) is 8.49. The second kappa shape index (κ2) is 12.9. The van der Waals surface area contributed by atoms with Gasteiger partial charge in [0.05, 0.1) is 11.4 Å². The average Bonchev–Trinajstić information content (AvgIpc) is 3.83. The number of furan rings is 1. The summed E-state index contributed by atoms with van der Waals surface area (Å²) in [5, 5.41) is 7.26.